The zero-order valence-electron chi connectivity index (χ0n) is 18.8. The number of aliphatic carboxylic acids is 2. The molecule has 35 heavy (non-hydrogen) atoms. The molecule has 4 atom stereocenters. The van der Waals surface area contributed by atoms with E-state index in [0.29, 0.717) is 0 Å². The Kier molecular flexibility index (Phi) is 14.1. The van der Waals surface area contributed by atoms with Crippen LogP contribution in [0.5, 0.6) is 0 Å². The van der Waals surface area contributed by atoms with E-state index in [1.165, 1.54) is 6.92 Å². The van der Waals surface area contributed by atoms with E-state index in [-0.39, 0.29) is 5.48 Å². The molecule has 1 unspecified atom stereocenters. The lowest BCUT2D eigenvalue weighted by Crippen LogP contribution is -2.88. The van der Waals surface area contributed by atoms with Gasteiger partial charge in [0.2, 0.25) is 11.8 Å². The van der Waals surface area contributed by atoms with Crippen LogP contribution in [0, 0.1) is 5.92 Å². The van der Waals surface area contributed by atoms with E-state index in [9.17, 15) is 45.5 Å². The predicted octanol–water partition coefficient (Wildman–Crippen LogP) is -2.21. The van der Waals surface area contributed by atoms with Crippen LogP contribution in [0.2, 0.25) is 0 Å². The first-order valence-electron chi connectivity index (χ1n) is 9.59. The van der Waals surface area contributed by atoms with Crippen molar-refractivity contribution in [2.24, 2.45) is 5.92 Å². The second-order valence-electron chi connectivity index (χ2n) is 7.36. The number of hydrogen-bond donors (Lipinski definition) is 6. The SMILES string of the molecule is CC(C)[C@H](NC(=O)[C@@H](C)NC(=O)CC(N[C@@H](C)C(=O)[NH2+]O)C(F)(F)F)C(=O)O.O=C([O-])C(F)(F)F. The highest BCUT2D eigenvalue weighted by Crippen LogP contribution is 2.23. The van der Waals surface area contributed by atoms with Gasteiger partial charge in [-0.25, -0.2) is 14.8 Å². The molecule has 204 valence electrons. The summed E-state index contributed by atoms with van der Waals surface area (Å²) in [6.45, 7) is 5.37. The van der Waals surface area contributed by atoms with Gasteiger partial charge in [0.25, 0.3) is 0 Å². The lowest BCUT2D eigenvalue weighted by Gasteiger charge is -2.24. The summed E-state index contributed by atoms with van der Waals surface area (Å²) in [4.78, 5) is 54.9. The van der Waals surface area contributed by atoms with Crippen LogP contribution in [0.25, 0.3) is 0 Å². The summed E-state index contributed by atoms with van der Waals surface area (Å²) in [6, 6.07) is -6.30. The zero-order valence-corrected chi connectivity index (χ0v) is 18.8. The molecule has 12 nitrogen and oxygen atoms in total. The maximum Gasteiger partial charge on any atom is 0.430 e. The number of carbonyl (C=O) groups is 5. The molecule has 3 amide bonds. The lowest BCUT2D eigenvalue weighted by molar-refractivity contribution is -0.815. The fraction of sp³-hybridized carbons (Fsp3) is 0.706. The maximum absolute atomic E-state index is 13.1. The van der Waals surface area contributed by atoms with Crippen LogP contribution >= 0.6 is 0 Å². The Balaban J connectivity index is 0. The number of nitrogens with two attached hydrogens (primary N) is 1. The molecule has 0 aliphatic carbocycles. The number of quaternary nitrogens is 1. The smallest absolute Gasteiger partial charge is 0.430 e. The third-order valence-corrected chi connectivity index (χ3v) is 4.02. The molecule has 0 saturated carbocycles. The normalized spacial score (nSPS) is 15.1. The number of alkyl halides is 6. The van der Waals surface area contributed by atoms with Gasteiger partial charge in [-0.2, -0.15) is 26.3 Å². The fourth-order valence-electron chi connectivity index (χ4n) is 2.11. The highest BCUT2D eigenvalue weighted by atomic mass is 19.4. The number of carbonyl (C=O) groups excluding carboxylic acids is 4. The van der Waals surface area contributed by atoms with E-state index in [0.717, 1.165) is 6.92 Å². The highest BCUT2D eigenvalue weighted by Gasteiger charge is 2.43. The number of nitrogens with one attached hydrogen (secondary N) is 3. The van der Waals surface area contributed by atoms with Crippen LogP contribution in [0.15, 0.2) is 0 Å². The first kappa shape index (κ1) is 34.2. The van der Waals surface area contributed by atoms with E-state index in [4.69, 9.17) is 20.2 Å². The monoisotopic (exact) mass is 528 g/mol. The number of rotatable bonds is 10. The number of halogens is 6. The Morgan fingerprint density at radius 1 is 0.914 bits per heavy atom. The molecule has 0 aliphatic heterocycles. The van der Waals surface area contributed by atoms with Crippen molar-refractivity contribution in [2.75, 3.05) is 0 Å². The molecule has 0 bridgehead atoms. The average molecular weight is 528 g/mol. The van der Waals surface area contributed by atoms with Gasteiger partial charge in [0, 0.05) is 0 Å². The highest BCUT2D eigenvalue weighted by molar-refractivity contribution is 5.90. The minimum atomic E-state index is -5.19. The van der Waals surface area contributed by atoms with E-state index in [1.807, 2.05) is 5.32 Å². The third kappa shape index (κ3) is 14.1. The second-order valence-corrected chi connectivity index (χ2v) is 7.36. The van der Waals surface area contributed by atoms with Crippen LogP contribution in [-0.2, 0) is 24.0 Å². The molecule has 0 radical (unpaired) electrons. The minimum Gasteiger partial charge on any atom is -0.542 e. The first-order valence-corrected chi connectivity index (χ1v) is 9.59. The van der Waals surface area contributed by atoms with E-state index in [2.05, 4.69) is 10.6 Å². The van der Waals surface area contributed by atoms with Crippen LogP contribution < -0.4 is 26.5 Å². The van der Waals surface area contributed by atoms with Crippen molar-refractivity contribution < 1.29 is 71.2 Å². The van der Waals surface area contributed by atoms with E-state index < -0.39 is 78.5 Å². The molecule has 0 saturated heterocycles. The largest absolute Gasteiger partial charge is 0.542 e. The molecule has 0 fully saturated rings. The summed E-state index contributed by atoms with van der Waals surface area (Å²) in [5.74, 6) is -7.76. The molecule has 0 aliphatic rings. The number of primary amides is 1. The van der Waals surface area contributed by atoms with Crippen molar-refractivity contribution in [1.29, 1.82) is 0 Å². The minimum absolute atomic E-state index is 0.116. The molecular weight excluding hydrogens is 502 g/mol. The van der Waals surface area contributed by atoms with Crippen molar-refractivity contribution in [2.45, 2.75) is 70.6 Å². The van der Waals surface area contributed by atoms with Gasteiger partial charge < -0.3 is 25.6 Å². The summed E-state index contributed by atoms with van der Waals surface area (Å²) >= 11 is 0. The first-order chi connectivity index (χ1) is 15.6. The fourth-order valence-corrected chi connectivity index (χ4v) is 2.11. The number of amides is 3. The van der Waals surface area contributed by atoms with Gasteiger partial charge in [0.05, 0.1) is 6.42 Å². The standard InChI is InChI=1S/C15H25F3N4O6.C2HF3O2/c1-6(2)11(14(26)27)21-12(24)7(3)20-10(23)5-9(15(16,17)18)19-8(4)13(25)22-28;3-2(4,5)1(6)7/h6-9,11,19,28H,5H2,1-4H3,(H,20,23)(H,21,24)(H,22,25)(H,26,27);(H,6,7)/t7-,8+,9?,11+;/m1./s1. The summed E-state index contributed by atoms with van der Waals surface area (Å²) < 4.78 is 70.8. The number of carboxylic acid groups (broad SMARTS) is 2. The molecule has 7 N–H and O–H groups in total. The van der Waals surface area contributed by atoms with Crippen molar-refractivity contribution in [3.8, 4) is 0 Å². The maximum atomic E-state index is 13.1. The molecule has 0 spiro atoms. The van der Waals surface area contributed by atoms with Gasteiger partial charge in [0.1, 0.15) is 30.1 Å². The van der Waals surface area contributed by atoms with Crippen LogP contribution in [0.3, 0.4) is 0 Å². The second kappa shape index (κ2) is 14.4. The molecule has 0 aromatic rings. The Morgan fingerprint density at radius 2 is 1.37 bits per heavy atom. The van der Waals surface area contributed by atoms with Crippen molar-refractivity contribution in [3.05, 3.63) is 0 Å². The van der Waals surface area contributed by atoms with Crippen molar-refractivity contribution >= 4 is 29.7 Å². The van der Waals surface area contributed by atoms with Crippen molar-refractivity contribution in [3.63, 3.8) is 0 Å². The molecule has 0 aromatic heterocycles. The Bertz CT molecular complexity index is 760. The number of hydrogen-bond acceptors (Lipinski definition) is 8. The Morgan fingerprint density at radius 3 is 1.69 bits per heavy atom. The van der Waals surface area contributed by atoms with E-state index >= 15 is 0 Å². The molecule has 0 rings (SSSR count). The summed E-state index contributed by atoms with van der Waals surface area (Å²) in [7, 11) is 0. The van der Waals surface area contributed by atoms with Gasteiger partial charge in [-0.1, -0.05) is 13.8 Å². The summed E-state index contributed by atoms with van der Waals surface area (Å²) in [5, 5.41) is 32.5. The predicted molar refractivity (Wildman–Crippen MR) is 98.8 cm³/mol. The molecule has 18 heteroatoms. The topological polar surface area (TPSA) is 202 Å². The lowest BCUT2D eigenvalue weighted by atomic mass is 10.0. The Hall–Kier alpha value is -2.99. The quantitative estimate of drug-likeness (QED) is 0.103. The molecule has 0 aromatic carbocycles. The molecular formula is C17H26F6N4O8. The number of hydroxylamine groups is 1. The average Bonchev–Trinajstić information content (AvgIpc) is 2.68. The zero-order chi connectivity index (χ0) is 28.3. The van der Waals surface area contributed by atoms with Crippen LogP contribution in [-0.4, -0.2) is 76.5 Å². The summed E-state index contributed by atoms with van der Waals surface area (Å²) in [5.41, 5.74) is 0.116. The van der Waals surface area contributed by atoms with Gasteiger partial charge in [-0.15, -0.1) is 5.48 Å². The van der Waals surface area contributed by atoms with Gasteiger partial charge >= 0.3 is 24.2 Å². The summed E-state index contributed by atoms with van der Waals surface area (Å²) in [6.07, 6.45) is -11.2. The van der Waals surface area contributed by atoms with E-state index in [1.54, 1.807) is 13.8 Å². The number of carboxylic acids is 2. The van der Waals surface area contributed by atoms with Crippen LogP contribution in [0.4, 0.5) is 26.3 Å². The third-order valence-electron chi connectivity index (χ3n) is 4.02. The molecule has 0 heterocycles. The Labute approximate surface area is 194 Å². The van der Waals surface area contributed by atoms with Crippen molar-refractivity contribution in [1.82, 2.24) is 16.0 Å². The van der Waals surface area contributed by atoms with Gasteiger partial charge in [-0.3, -0.25) is 14.9 Å². The van der Waals surface area contributed by atoms with Crippen LogP contribution in [0.1, 0.15) is 34.1 Å². The van der Waals surface area contributed by atoms with Gasteiger partial charge in [0.15, 0.2) is 0 Å². The van der Waals surface area contributed by atoms with Gasteiger partial charge in [-0.05, 0) is 19.8 Å².